The second kappa shape index (κ2) is 6.48. The molecule has 1 saturated carbocycles. The summed E-state index contributed by atoms with van der Waals surface area (Å²) in [7, 11) is 0. The molecule has 6 nitrogen and oxygen atoms in total. The Labute approximate surface area is 134 Å². The van der Waals surface area contributed by atoms with Crippen molar-refractivity contribution in [3.63, 3.8) is 0 Å². The van der Waals surface area contributed by atoms with Gasteiger partial charge < -0.3 is 19.9 Å². The molecule has 1 aliphatic carbocycles. The predicted molar refractivity (Wildman–Crippen MR) is 82.7 cm³/mol. The van der Waals surface area contributed by atoms with E-state index in [0.29, 0.717) is 39.0 Å². The highest BCUT2D eigenvalue weighted by molar-refractivity contribution is 5.85. The molecule has 124 valence electrons. The van der Waals surface area contributed by atoms with Crippen molar-refractivity contribution in [3.8, 4) is 11.5 Å². The SMILES string of the molecule is O=C(CC1(C(=O)O)CCC1)NCCc1ccc2c(c1)OCCO2. The number of ether oxygens (including phenoxy) is 2. The quantitative estimate of drug-likeness (QED) is 0.834. The molecular weight excluding hydrogens is 298 g/mol. The Bertz CT molecular complexity index is 609. The Kier molecular flexibility index (Phi) is 4.41. The summed E-state index contributed by atoms with van der Waals surface area (Å²) in [4.78, 5) is 23.2. The maximum Gasteiger partial charge on any atom is 0.310 e. The van der Waals surface area contributed by atoms with Crippen LogP contribution in [0.15, 0.2) is 18.2 Å². The van der Waals surface area contributed by atoms with Gasteiger partial charge in [0, 0.05) is 13.0 Å². The molecule has 1 aromatic rings. The van der Waals surface area contributed by atoms with Gasteiger partial charge in [-0.25, -0.2) is 0 Å². The molecular formula is C17H21NO5. The number of carbonyl (C=O) groups is 2. The molecule has 0 unspecified atom stereocenters. The minimum Gasteiger partial charge on any atom is -0.486 e. The number of amides is 1. The van der Waals surface area contributed by atoms with E-state index in [1.165, 1.54) is 0 Å². The van der Waals surface area contributed by atoms with Gasteiger partial charge in [-0.05, 0) is 37.0 Å². The normalized spacial score (nSPS) is 17.9. The lowest BCUT2D eigenvalue weighted by molar-refractivity contribution is -0.157. The Morgan fingerprint density at radius 1 is 1.17 bits per heavy atom. The van der Waals surface area contributed by atoms with Crippen molar-refractivity contribution < 1.29 is 24.2 Å². The minimum atomic E-state index is -0.856. The molecule has 0 saturated heterocycles. The average Bonchev–Trinajstić information content (AvgIpc) is 2.50. The van der Waals surface area contributed by atoms with Gasteiger partial charge in [-0.3, -0.25) is 9.59 Å². The molecule has 6 heteroatoms. The van der Waals surface area contributed by atoms with Gasteiger partial charge >= 0.3 is 5.97 Å². The van der Waals surface area contributed by atoms with Crippen LogP contribution in [0.2, 0.25) is 0 Å². The highest BCUT2D eigenvalue weighted by Crippen LogP contribution is 2.44. The largest absolute Gasteiger partial charge is 0.486 e. The van der Waals surface area contributed by atoms with Crippen LogP contribution in [0.25, 0.3) is 0 Å². The smallest absolute Gasteiger partial charge is 0.310 e. The van der Waals surface area contributed by atoms with E-state index >= 15 is 0 Å². The molecule has 0 aromatic heterocycles. The van der Waals surface area contributed by atoms with Crippen LogP contribution < -0.4 is 14.8 Å². The molecule has 0 radical (unpaired) electrons. The van der Waals surface area contributed by atoms with Crippen LogP contribution in [0.1, 0.15) is 31.2 Å². The number of benzene rings is 1. The van der Waals surface area contributed by atoms with Crippen molar-refractivity contribution in [1.82, 2.24) is 5.32 Å². The Hall–Kier alpha value is -2.24. The first-order valence-corrected chi connectivity index (χ1v) is 7.98. The molecule has 1 heterocycles. The first-order valence-electron chi connectivity index (χ1n) is 7.98. The molecule has 23 heavy (non-hydrogen) atoms. The molecule has 1 aromatic carbocycles. The van der Waals surface area contributed by atoms with Crippen molar-refractivity contribution in [2.75, 3.05) is 19.8 Å². The van der Waals surface area contributed by atoms with Gasteiger partial charge in [0.1, 0.15) is 13.2 Å². The lowest BCUT2D eigenvalue weighted by Crippen LogP contribution is -2.42. The van der Waals surface area contributed by atoms with Crippen LogP contribution in [0, 0.1) is 5.41 Å². The third-order valence-corrected chi connectivity index (χ3v) is 4.61. The van der Waals surface area contributed by atoms with Crippen molar-refractivity contribution >= 4 is 11.9 Å². The number of fused-ring (bicyclic) bond motifs is 1. The highest BCUT2D eigenvalue weighted by Gasteiger charge is 2.45. The van der Waals surface area contributed by atoms with Crippen LogP contribution in [-0.4, -0.2) is 36.7 Å². The number of carboxylic acids is 1. The van der Waals surface area contributed by atoms with E-state index in [4.69, 9.17) is 9.47 Å². The fourth-order valence-corrected chi connectivity index (χ4v) is 3.03. The van der Waals surface area contributed by atoms with Crippen LogP contribution in [0.3, 0.4) is 0 Å². The predicted octanol–water partition coefficient (Wildman–Crippen LogP) is 1.76. The monoisotopic (exact) mass is 319 g/mol. The molecule has 3 rings (SSSR count). The summed E-state index contributed by atoms with van der Waals surface area (Å²) < 4.78 is 11.0. The van der Waals surface area contributed by atoms with E-state index in [1.54, 1.807) is 0 Å². The molecule has 1 amide bonds. The Morgan fingerprint density at radius 2 is 1.91 bits per heavy atom. The van der Waals surface area contributed by atoms with Gasteiger partial charge in [0.15, 0.2) is 11.5 Å². The fourth-order valence-electron chi connectivity index (χ4n) is 3.03. The average molecular weight is 319 g/mol. The number of rotatable bonds is 6. The fraction of sp³-hybridized carbons (Fsp3) is 0.529. The summed E-state index contributed by atoms with van der Waals surface area (Å²) in [5, 5.41) is 12.1. The van der Waals surface area contributed by atoms with Crippen LogP contribution in [-0.2, 0) is 16.0 Å². The van der Waals surface area contributed by atoms with E-state index in [-0.39, 0.29) is 12.3 Å². The number of carbonyl (C=O) groups excluding carboxylic acids is 1. The molecule has 1 fully saturated rings. The molecule has 0 bridgehead atoms. The standard InChI is InChI=1S/C17H21NO5/c19-15(11-17(16(20)21)5-1-6-17)18-7-4-12-2-3-13-14(10-12)23-9-8-22-13/h2-3,10H,1,4-9,11H2,(H,18,19)(H,20,21). The maximum atomic E-state index is 12.0. The lowest BCUT2D eigenvalue weighted by atomic mass is 9.66. The van der Waals surface area contributed by atoms with Crippen LogP contribution in [0.5, 0.6) is 11.5 Å². The summed E-state index contributed by atoms with van der Waals surface area (Å²) in [6.45, 7) is 1.59. The van der Waals surface area contributed by atoms with Gasteiger partial charge in [0.05, 0.1) is 5.41 Å². The van der Waals surface area contributed by atoms with E-state index < -0.39 is 11.4 Å². The second-order valence-corrected chi connectivity index (χ2v) is 6.19. The zero-order chi connectivity index (χ0) is 16.3. The summed E-state index contributed by atoms with van der Waals surface area (Å²) in [5.74, 6) is 0.437. The van der Waals surface area contributed by atoms with Crippen molar-refractivity contribution in [2.24, 2.45) is 5.41 Å². The van der Waals surface area contributed by atoms with E-state index in [1.807, 2.05) is 18.2 Å². The second-order valence-electron chi connectivity index (χ2n) is 6.19. The van der Waals surface area contributed by atoms with Gasteiger partial charge in [0.25, 0.3) is 0 Å². The Balaban J connectivity index is 1.47. The van der Waals surface area contributed by atoms with Gasteiger partial charge in [0.2, 0.25) is 5.91 Å². The van der Waals surface area contributed by atoms with Gasteiger partial charge in [-0.15, -0.1) is 0 Å². The number of carboxylic acid groups (broad SMARTS) is 1. The summed E-state index contributed by atoms with van der Waals surface area (Å²) in [6.07, 6.45) is 2.82. The lowest BCUT2D eigenvalue weighted by Gasteiger charge is -2.36. The molecule has 2 aliphatic rings. The molecule has 1 aliphatic heterocycles. The van der Waals surface area contributed by atoms with Crippen LogP contribution in [0.4, 0.5) is 0 Å². The summed E-state index contributed by atoms with van der Waals surface area (Å²) in [6, 6.07) is 5.75. The van der Waals surface area contributed by atoms with Crippen molar-refractivity contribution in [3.05, 3.63) is 23.8 Å². The van der Waals surface area contributed by atoms with E-state index in [9.17, 15) is 14.7 Å². The summed E-state index contributed by atoms with van der Waals surface area (Å²) in [5.41, 5.74) is 0.215. The first-order chi connectivity index (χ1) is 11.1. The third kappa shape index (κ3) is 3.41. The zero-order valence-corrected chi connectivity index (χ0v) is 13.0. The maximum absolute atomic E-state index is 12.0. The topological polar surface area (TPSA) is 84.9 Å². The molecule has 0 atom stereocenters. The number of nitrogens with one attached hydrogen (secondary N) is 1. The minimum absolute atomic E-state index is 0.0729. The van der Waals surface area contributed by atoms with Crippen molar-refractivity contribution in [2.45, 2.75) is 32.1 Å². The first kappa shape index (κ1) is 15.6. The summed E-state index contributed by atoms with van der Waals surface area (Å²) >= 11 is 0. The Morgan fingerprint density at radius 3 is 2.57 bits per heavy atom. The highest BCUT2D eigenvalue weighted by atomic mass is 16.6. The van der Waals surface area contributed by atoms with Crippen molar-refractivity contribution in [1.29, 1.82) is 0 Å². The van der Waals surface area contributed by atoms with Crippen LogP contribution >= 0.6 is 0 Å². The third-order valence-electron chi connectivity index (χ3n) is 4.61. The van der Waals surface area contributed by atoms with Gasteiger partial charge in [-0.2, -0.15) is 0 Å². The van der Waals surface area contributed by atoms with E-state index in [0.717, 1.165) is 23.5 Å². The zero-order valence-electron chi connectivity index (χ0n) is 13.0. The number of aliphatic carboxylic acids is 1. The number of hydrogen-bond donors (Lipinski definition) is 2. The number of hydrogen-bond acceptors (Lipinski definition) is 4. The molecule has 2 N–H and O–H groups in total. The van der Waals surface area contributed by atoms with Gasteiger partial charge in [-0.1, -0.05) is 12.5 Å². The molecule has 0 spiro atoms. The van der Waals surface area contributed by atoms with E-state index in [2.05, 4.69) is 5.32 Å².